The summed E-state index contributed by atoms with van der Waals surface area (Å²) in [5.74, 6) is 1.05. The number of rotatable bonds is 4. The van der Waals surface area contributed by atoms with Gasteiger partial charge in [-0.3, -0.25) is 0 Å². The third-order valence-corrected chi connectivity index (χ3v) is 3.21. The minimum atomic E-state index is 0.910. The summed E-state index contributed by atoms with van der Waals surface area (Å²) in [6.07, 6.45) is 0.910. The Hall–Kier alpha value is -1.22. The van der Waals surface area contributed by atoms with E-state index in [0.29, 0.717) is 0 Å². The largest absolute Gasteiger partial charge is 0.337 e. The van der Waals surface area contributed by atoms with Crippen molar-refractivity contribution < 1.29 is 0 Å². The lowest BCUT2D eigenvalue weighted by atomic mass is 10.1. The lowest BCUT2D eigenvalue weighted by molar-refractivity contribution is 1.01. The van der Waals surface area contributed by atoms with Gasteiger partial charge in [0.15, 0.2) is 5.16 Å². The summed E-state index contributed by atoms with van der Waals surface area (Å²) in [5.41, 5.74) is 3.65. The predicted octanol–water partition coefficient (Wildman–Crippen LogP) is 3.42. The molecular formula is C13H16N2S. The lowest BCUT2D eigenvalue weighted by Crippen LogP contribution is -1.90. The van der Waals surface area contributed by atoms with Crippen molar-refractivity contribution in [2.45, 2.75) is 25.4 Å². The van der Waals surface area contributed by atoms with E-state index in [4.69, 9.17) is 0 Å². The van der Waals surface area contributed by atoms with E-state index in [0.717, 1.165) is 23.0 Å². The van der Waals surface area contributed by atoms with Crippen LogP contribution in [0.2, 0.25) is 0 Å². The fraction of sp³-hybridized carbons (Fsp3) is 0.308. The van der Waals surface area contributed by atoms with Crippen LogP contribution in [-0.4, -0.2) is 15.7 Å². The quantitative estimate of drug-likeness (QED) is 0.818. The molecule has 84 valence electrons. The van der Waals surface area contributed by atoms with E-state index in [9.17, 15) is 0 Å². The van der Waals surface area contributed by atoms with Gasteiger partial charge in [-0.15, -0.1) is 0 Å². The fourth-order valence-electron chi connectivity index (χ4n) is 1.63. The van der Waals surface area contributed by atoms with Gasteiger partial charge in [0.25, 0.3) is 0 Å². The zero-order valence-corrected chi connectivity index (χ0v) is 10.5. The van der Waals surface area contributed by atoms with Gasteiger partial charge in [0.1, 0.15) is 0 Å². The number of nitrogens with zero attached hydrogens (tertiary/aromatic N) is 1. The van der Waals surface area contributed by atoms with Crippen LogP contribution in [0.3, 0.4) is 0 Å². The zero-order chi connectivity index (χ0) is 11.4. The van der Waals surface area contributed by atoms with E-state index in [1.165, 1.54) is 11.3 Å². The Morgan fingerprint density at radius 2 is 2.00 bits per heavy atom. The fourth-order valence-corrected chi connectivity index (χ4v) is 2.31. The summed E-state index contributed by atoms with van der Waals surface area (Å²) < 4.78 is 0. The van der Waals surface area contributed by atoms with E-state index in [-0.39, 0.29) is 0 Å². The molecule has 0 bridgehead atoms. The number of aromatic amines is 1. The minimum absolute atomic E-state index is 0.910. The van der Waals surface area contributed by atoms with Crippen molar-refractivity contribution in [2.75, 3.05) is 5.75 Å². The molecule has 1 aromatic heterocycles. The second-order valence-electron chi connectivity index (χ2n) is 3.71. The number of aryl methyl sites for hydroxylation is 1. The van der Waals surface area contributed by atoms with Crippen LogP contribution in [0.4, 0.5) is 0 Å². The maximum atomic E-state index is 4.60. The Balaban J connectivity index is 2.15. The predicted molar refractivity (Wildman–Crippen MR) is 69.0 cm³/mol. The normalized spacial score (nSPS) is 10.6. The number of hydrogen-bond donors (Lipinski definition) is 1. The van der Waals surface area contributed by atoms with E-state index in [2.05, 4.69) is 48.1 Å². The molecule has 0 saturated heterocycles. The third kappa shape index (κ3) is 2.67. The van der Waals surface area contributed by atoms with Crippen LogP contribution in [0.1, 0.15) is 23.9 Å². The molecule has 1 N–H and O–H groups in total. The highest BCUT2D eigenvalue weighted by molar-refractivity contribution is 7.99. The molecule has 3 heteroatoms. The van der Waals surface area contributed by atoms with Crippen molar-refractivity contribution in [1.29, 1.82) is 0 Å². The van der Waals surface area contributed by atoms with E-state index in [1.807, 2.05) is 6.07 Å². The first-order chi connectivity index (χ1) is 7.79. The summed E-state index contributed by atoms with van der Waals surface area (Å²) in [4.78, 5) is 7.92. The summed E-state index contributed by atoms with van der Waals surface area (Å²) in [7, 11) is 0. The molecular weight excluding hydrogens is 216 g/mol. The molecule has 16 heavy (non-hydrogen) atoms. The molecule has 0 radical (unpaired) electrons. The molecule has 0 aliphatic carbocycles. The third-order valence-electron chi connectivity index (χ3n) is 2.46. The number of thioether (sulfide) groups is 1. The maximum absolute atomic E-state index is 4.60. The van der Waals surface area contributed by atoms with Crippen LogP contribution in [0.25, 0.3) is 0 Å². The SMILES string of the molecule is CCSc1nc(Cc2ccccc2)c(C)[nH]1. The van der Waals surface area contributed by atoms with Crippen molar-refractivity contribution >= 4 is 11.8 Å². The van der Waals surface area contributed by atoms with E-state index in [1.54, 1.807) is 11.8 Å². The van der Waals surface area contributed by atoms with Crippen LogP contribution in [0, 0.1) is 6.92 Å². The second kappa shape index (κ2) is 5.21. The molecule has 0 fully saturated rings. The van der Waals surface area contributed by atoms with Crippen molar-refractivity contribution in [2.24, 2.45) is 0 Å². The highest BCUT2D eigenvalue weighted by atomic mass is 32.2. The summed E-state index contributed by atoms with van der Waals surface area (Å²) in [5, 5.41) is 1.03. The molecule has 1 heterocycles. The van der Waals surface area contributed by atoms with Crippen LogP contribution in [0.15, 0.2) is 35.5 Å². The van der Waals surface area contributed by atoms with Gasteiger partial charge in [0, 0.05) is 12.1 Å². The molecule has 0 aliphatic heterocycles. The first-order valence-corrected chi connectivity index (χ1v) is 6.50. The van der Waals surface area contributed by atoms with Crippen LogP contribution < -0.4 is 0 Å². The van der Waals surface area contributed by atoms with Gasteiger partial charge in [-0.1, -0.05) is 49.0 Å². The summed E-state index contributed by atoms with van der Waals surface area (Å²) in [6.45, 7) is 4.23. The molecule has 1 aromatic carbocycles. The lowest BCUT2D eigenvalue weighted by Gasteiger charge is -1.98. The molecule has 0 aliphatic rings. The molecule has 0 amide bonds. The van der Waals surface area contributed by atoms with Crippen molar-refractivity contribution in [3.05, 3.63) is 47.3 Å². The van der Waals surface area contributed by atoms with Gasteiger partial charge in [-0.25, -0.2) is 4.98 Å². The number of nitrogens with one attached hydrogen (secondary N) is 1. The topological polar surface area (TPSA) is 28.7 Å². The number of H-pyrrole nitrogens is 1. The molecule has 2 aromatic rings. The van der Waals surface area contributed by atoms with Crippen LogP contribution in [-0.2, 0) is 6.42 Å². The van der Waals surface area contributed by atoms with Crippen LogP contribution in [0.5, 0.6) is 0 Å². The van der Waals surface area contributed by atoms with Gasteiger partial charge < -0.3 is 4.98 Å². The van der Waals surface area contributed by atoms with Crippen molar-refractivity contribution in [3.63, 3.8) is 0 Å². The van der Waals surface area contributed by atoms with Crippen molar-refractivity contribution in [3.8, 4) is 0 Å². The standard InChI is InChI=1S/C13H16N2S/c1-3-16-13-14-10(2)12(15-13)9-11-7-5-4-6-8-11/h4-8H,3,9H2,1-2H3,(H,14,15). The minimum Gasteiger partial charge on any atom is -0.337 e. The maximum Gasteiger partial charge on any atom is 0.165 e. The van der Waals surface area contributed by atoms with Crippen molar-refractivity contribution in [1.82, 2.24) is 9.97 Å². The Bertz CT molecular complexity index is 448. The van der Waals surface area contributed by atoms with Gasteiger partial charge >= 0.3 is 0 Å². The smallest absolute Gasteiger partial charge is 0.165 e. The Labute approximate surface area is 101 Å². The van der Waals surface area contributed by atoms with Gasteiger partial charge in [0.2, 0.25) is 0 Å². The molecule has 0 spiro atoms. The zero-order valence-electron chi connectivity index (χ0n) is 9.66. The first-order valence-electron chi connectivity index (χ1n) is 5.51. The highest BCUT2D eigenvalue weighted by Crippen LogP contribution is 2.18. The average molecular weight is 232 g/mol. The number of hydrogen-bond acceptors (Lipinski definition) is 2. The van der Waals surface area contributed by atoms with Crippen LogP contribution >= 0.6 is 11.8 Å². The monoisotopic (exact) mass is 232 g/mol. The average Bonchev–Trinajstić information content (AvgIpc) is 2.61. The Kier molecular flexibility index (Phi) is 3.67. The number of benzene rings is 1. The molecule has 2 nitrogen and oxygen atoms in total. The molecule has 0 atom stereocenters. The molecule has 0 saturated carbocycles. The Morgan fingerprint density at radius 3 is 2.69 bits per heavy atom. The van der Waals surface area contributed by atoms with Gasteiger partial charge in [-0.05, 0) is 18.2 Å². The van der Waals surface area contributed by atoms with E-state index >= 15 is 0 Å². The number of imidazole rings is 1. The first kappa shape index (κ1) is 11.3. The van der Waals surface area contributed by atoms with Gasteiger partial charge in [-0.2, -0.15) is 0 Å². The second-order valence-corrected chi connectivity index (χ2v) is 4.96. The number of aromatic nitrogens is 2. The molecule has 2 rings (SSSR count). The van der Waals surface area contributed by atoms with Gasteiger partial charge in [0.05, 0.1) is 5.69 Å². The summed E-state index contributed by atoms with van der Waals surface area (Å²) >= 11 is 1.75. The highest BCUT2D eigenvalue weighted by Gasteiger charge is 2.06. The summed E-state index contributed by atoms with van der Waals surface area (Å²) in [6, 6.07) is 10.5. The Morgan fingerprint density at radius 1 is 1.25 bits per heavy atom. The van der Waals surface area contributed by atoms with E-state index < -0.39 is 0 Å². The molecule has 0 unspecified atom stereocenters.